The number of hydrogen-bond acceptors (Lipinski definition) is 7. The molecule has 0 radical (unpaired) electrons. The van der Waals surface area contributed by atoms with Crippen LogP contribution < -0.4 is 5.01 Å². The van der Waals surface area contributed by atoms with Crippen molar-refractivity contribution < 1.29 is 21.4 Å². The molecular weight excluding hydrogens is 719 g/mol. The van der Waals surface area contributed by atoms with Gasteiger partial charge in [0.15, 0.2) is 17.5 Å². The number of aromatic nitrogens is 2. The summed E-state index contributed by atoms with van der Waals surface area (Å²) in [5, 5.41) is 0.912. The van der Waals surface area contributed by atoms with Gasteiger partial charge in [-0.1, -0.05) is 109 Å². The number of benzene rings is 6. The molecule has 0 aliphatic rings. The van der Waals surface area contributed by atoms with Crippen molar-refractivity contribution in [1.29, 1.82) is 0 Å². The zero-order chi connectivity index (χ0) is 36.2. The van der Waals surface area contributed by atoms with Crippen LogP contribution in [-0.4, -0.2) is 27.0 Å². The van der Waals surface area contributed by atoms with Gasteiger partial charge in [0, 0.05) is 21.9 Å². The molecule has 0 aliphatic carbocycles. The van der Waals surface area contributed by atoms with Crippen molar-refractivity contribution in [2.75, 3.05) is 5.01 Å². The zero-order valence-electron chi connectivity index (χ0n) is 27.6. The van der Waals surface area contributed by atoms with Crippen molar-refractivity contribution in [3.05, 3.63) is 174 Å². The number of nitrogens with zero attached hydrogens (tertiary/aromatic N) is 4. The summed E-state index contributed by atoms with van der Waals surface area (Å²) in [6.07, 6.45) is 0. The Kier molecular flexibility index (Phi) is 10.2. The number of anilines is 2. The third-order valence-corrected chi connectivity index (χ3v) is 12.5. The van der Waals surface area contributed by atoms with Crippen LogP contribution in [0.2, 0.25) is 0 Å². The molecular formula is C40H30F2N4O3S3. The van der Waals surface area contributed by atoms with Gasteiger partial charge in [-0.25, -0.2) is 36.4 Å². The lowest BCUT2D eigenvalue weighted by Crippen LogP contribution is -2.41. The number of para-hydroxylation sites is 1. The Hall–Kier alpha value is -5.27. The highest BCUT2D eigenvalue weighted by Crippen LogP contribution is 2.41. The average molecular weight is 749 g/mol. The van der Waals surface area contributed by atoms with E-state index in [1.54, 1.807) is 66.7 Å². The second-order valence-electron chi connectivity index (χ2n) is 11.6. The van der Waals surface area contributed by atoms with E-state index < -0.39 is 37.5 Å². The summed E-state index contributed by atoms with van der Waals surface area (Å²) in [5.41, 5.74) is 1.60. The number of halogens is 2. The molecule has 260 valence electrons. The molecule has 0 N–H and O–H groups in total. The molecule has 12 heteroatoms. The molecule has 0 saturated carbocycles. The summed E-state index contributed by atoms with van der Waals surface area (Å²) in [7, 11) is -6.54. The minimum Gasteiger partial charge on any atom is -0.242 e. The number of rotatable bonds is 11. The Balaban J connectivity index is 1.52. The molecule has 0 spiro atoms. The van der Waals surface area contributed by atoms with Gasteiger partial charge in [-0.05, 0) is 60.5 Å². The second-order valence-corrected chi connectivity index (χ2v) is 15.9. The first kappa shape index (κ1) is 35.1. The third-order valence-electron chi connectivity index (χ3n) is 8.06. The van der Waals surface area contributed by atoms with Crippen molar-refractivity contribution >= 4 is 55.1 Å². The number of sulfone groups is 1. The standard InChI is InChI=1S/C40H30F2N4O3S3/c1-28-15-14-24-37(38(28)50-31-20-10-4-11-21-31)52(48,49)40-39(43-35-25-33(41)34(42)26-36(35)44-40)46(30-18-8-3-9-19-30)45(27-29-16-6-2-7-17-29)51(47)32-22-12-5-13-23-32/h2-26H,27H2,1H3. The van der Waals surface area contributed by atoms with Crippen LogP contribution in [0.4, 0.5) is 20.3 Å². The van der Waals surface area contributed by atoms with Gasteiger partial charge in [0.05, 0.1) is 33.1 Å². The van der Waals surface area contributed by atoms with Gasteiger partial charge in [0.2, 0.25) is 14.9 Å². The molecule has 0 fully saturated rings. The lowest BCUT2D eigenvalue weighted by atomic mass is 10.2. The summed E-state index contributed by atoms with van der Waals surface area (Å²) in [6.45, 7) is 1.85. The van der Waals surface area contributed by atoms with Crippen molar-refractivity contribution in [1.82, 2.24) is 14.4 Å². The quantitative estimate of drug-likeness (QED) is 0.122. The molecule has 0 saturated heterocycles. The van der Waals surface area contributed by atoms with Crippen molar-refractivity contribution in [2.45, 2.75) is 38.1 Å². The van der Waals surface area contributed by atoms with Gasteiger partial charge < -0.3 is 0 Å². The van der Waals surface area contributed by atoms with Crippen LogP contribution in [0, 0.1) is 18.6 Å². The van der Waals surface area contributed by atoms with E-state index in [-0.39, 0.29) is 28.3 Å². The molecule has 0 amide bonds. The minimum atomic E-state index is -4.58. The van der Waals surface area contributed by atoms with E-state index in [1.165, 1.54) is 27.3 Å². The predicted octanol–water partition coefficient (Wildman–Crippen LogP) is 9.48. The monoisotopic (exact) mass is 748 g/mol. The van der Waals surface area contributed by atoms with Gasteiger partial charge in [-0.2, -0.15) is 0 Å². The smallest absolute Gasteiger partial charge is 0.228 e. The SMILES string of the molecule is Cc1cccc(S(=O)(=O)c2nc3cc(F)c(F)cc3nc2N(c2ccccc2)N(Cc2ccccc2)S(=O)c2ccccc2)c1Sc1ccccc1. The molecule has 1 atom stereocenters. The maximum atomic E-state index is 15.2. The molecule has 7 aromatic rings. The van der Waals surface area contributed by atoms with E-state index in [1.807, 2.05) is 73.7 Å². The van der Waals surface area contributed by atoms with Crippen LogP contribution in [0.25, 0.3) is 11.0 Å². The van der Waals surface area contributed by atoms with Crippen LogP contribution in [-0.2, 0) is 27.4 Å². The van der Waals surface area contributed by atoms with Gasteiger partial charge in [0.25, 0.3) is 0 Å². The normalized spacial score (nSPS) is 12.2. The molecule has 1 unspecified atom stereocenters. The van der Waals surface area contributed by atoms with Crippen LogP contribution in [0.15, 0.2) is 176 Å². The fourth-order valence-electron chi connectivity index (χ4n) is 5.55. The third kappa shape index (κ3) is 7.24. The number of hydrogen-bond donors (Lipinski definition) is 0. The highest BCUT2D eigenvalue weighted by Gasteiger charge is 2.36. The first-order valence-corrected chi connectivity index (χ1v) is 19.5. The average Bonchev–Trinajstić information content (AvgIpc) is 3.17. The lowest BCUT2D eigenvalue weighted by molar-refractivity contribution is 0.441. The molecule has 7 rings (SSSR count). The van der Waals surface area contributed by atoms with Crippen LogP contribution in [0.1, 0.15) is 11.1 Å². The first-order chi connectivity index (χ1) is 25.2. The largest absolute Gasteiger partial charge is 0.242 e. The topological polar surface area (TPSA) is 83.5 Å². The zero-order valence-corrected chi connectivity index (χ0v) is 30.1. The maximum Gasteiger partial charge on any atom is 0.228 e. The van der Waals surface area contributed by atoms with E-state index in [0.717, 1.165) is 22.6 Å². The summed E-state index contributed by atoms with van der Waals surface area (Å²) >= 11 is 1.28. The highest BCUT2D eigenvalue weighted by atomic mass is 32.2. The maximum absolute atomic E-state index is 15.2. The molecule has 7 nitrogen and oxygen atoms in total. The predicted molar refractivity (Wildman–Crippen MR) is 200 cm³/mol. The first-order valence-electron chi connectivity index (χ1n) is 16.1. The van der Waals surface area contributed by atoms with Crippen LogP contribution >= 0.6 is 11.8 Å². The van der Waals surface area contributed by atoms with E-state index in [0.29, 0.717) is 21.0 Å². The second kappa shape index (κ2) is 15.1. The van der Waals surface area contributed by atoms with E-state index >= 15 is 8.42 Å². The van der Waals surface area contributed by atoms with Crippen molar-refractivity contribution in [2.24, 2.45) is 0 Å². The number of fused-ring (bicyclic) bond motifs is 1. The van der Waals surface area contributed by atoms with Gasteiger partial charge in [-0.15, -0.1) is 4.41 Å². The van der Waals surface area contributed by atoms with Gasteiger partial charge in [-0.3, -0.25) is 0 Å². The lowest BCUT2D eigenvalue weighted by Gasteiger charge is -2.35. The fourth-order valence-corrected chi connectivity index (χ4v) is 9.61. The van der Waals surface area contributed by atoms with Gasteiger partial charge >= 0.3 is 0 Å². The van der Waals surface area contributed by atoms with Crippen molar-refractivity contribution in [3.8, 4) is 0 Å². The molecule has 6 aromatic carbocycles. The van der Waals surface area contributed by atoms with Crippen LogP contribution in [0.5, 0.6) is 0 Å². The Morgan fingerprint density at radius 1 is 0.692 bits per heavy atom. The Bertz CT molecular complexity index is 2500. The Morgan fingerprint density at radius 2 is 1.25 bits per heavy atom. The van der Waals surface area contributed by atoms with Crippen molar-refractivity contribution in [3.63, 3.8) is 0 Å². The number of aryl methyl sites for hydroxylation is 1. The molecule has 52 heavy (non-hydrogen) atoms. The van der Waals surface area contributed by atoms with E-state index in [9.17, 15) is 13.0 Å². The van der Waals surface area contributed by atoms with E-state index in [2.05, 4.69) is 4.98 Å². The Labute approximate surface area is 307 Å². The summed E-state index contributed by atoms with van der Waals surface area (Å²) in [6, 6.07) is 42.7. The van der Waals surface area contributed by atoms with E-state index in [4.69, 9.17) is 4.98 Å². The Morgan fingerprint density at radius 3 is 1.88 bits per heavy atom. The minimum absolute atomic E-state index is 0.0355. The number of hydrazine groups is 1. The summed E-state index contributed by atoms with van der Waals surface area (Å²) < 4.78 is 76.0. The van der Waals surface area contributed by atoms with Gasteiger partial charge in [0.1, 0.15) is 11.0 Å². The fraction of sp³-hybridized carbons (Fsp3) is 0.0500. The molecule has 1 aromatic heterocycles. The molecule has 1 heterocycles. The molecule has 0 bridgehead atoms. The summed E-state index contributed by atoms with van der Waals surface area (Å²) in [5.74, 6) is -2.63. The summed E-state index contributed by atoms with van der Waals surface area (Å²) in [4.78, 5) is 10.9. The highest BCUT2D eigenvalue weighted by molar-refractivity contribution is 8.00. The molecule has 0 aliphatic heterocycles. The van der Waals surface area contributed by atoms with Crippen LogP contribution in [0.3, 0.4) is 0 Å².